The van der Waals surface area contributed by atoms with Crippen LogP contribution in [0, 0.1) is 0 Å². The second-order valence-corrected chi connectivity index (χ2v) is 7.34. The number of hydrogen-bond donors (Lipinski definition) is 2. The van der Waals surface area contributed by atoms with Gasteiger partial charge in [0.2, 0.25) is 5.91 Å². The first-order chi connectivity index (χ1) is 11.7. The van der Waals surface area contributed by atoms with Gasteiger partial charge in [-0.25, -0.2) is 4.79 Å². The molecule has 0 aliphatic carbocycles. The second-order valence-electron chi connectivity index (χ2n) is 7.34. The molecular formula is C19H31N3O3. The van der Waals surface area contributed by atoms with Crippen LogP contribution in [0.25, 0.3) is 0 Å². The summed E-state index contributed by atoms with van der Waals surface area (Å²) in [6.45, 7) is 6.84. The van der Waals surface area contributed by atoms with Gasteiger partial charge in [-0.05, 0) is 53.4 Å². The second kappa shape index (κ2) is 10.0. The Morgan fingerprint density at radius 2 is 1.80 bits per heavy atom. The lowest BCUT2D eigenvalue weighted by atomic mass is 10.1. The summed E-state index contributed by atoms with van der Waals surface area (Å²) in [6.07, 6.45) is 0.680. The zero-order chi connectivity index (χ0) is 18.9. The molecule has 1 rings (SSSR count). The lowest BCUT2D eigenvalue weighted by Gasteiger charge is -2.23. The summed E-state index contributed by atoms with van der Waals surface area (Å²) >= 11 is 0. The minimum Gasteiger partial charge on any atom is -0.444 e. The fourth-order valence-corrected chi connectivity index (χ4v) is 2.24. The van der Waals surface area contributed by atoms with Gasteiger partial charge in [0.25, 0.3) is 0 Å². The molecule has 0 aliphatic heterocycles. The third-order valence-electron chi connectivity index (χ3n) is 3.37. The number of nitrogens with one attached hydrogen (secondary N) is 2. The number of rotatable bonds is 8. The summed E-state index contributed by atoms with van der Waals surface area (Å²) in [5.41, 5.74) is 0.371. The Morgan fingerprint density at radius 3 is 2.36 bits per heavy atom. The highest BCUT2D eigenvalue weighted by atomic mass is 16.6. The first-order valence-corrected chi connectivity index (χ1v) is 8.63. The number of carbonyl (C=O) groups is 2. The monoisotopic (exact) mass is 349 g/mol. The molecule has 0 radical (unpaired) electrons. The minimum absolute atomic E-state index is 0.200. The first-order valence-electron chi connectivity index (χ1n) is 8.63. The highest BCUT2D eigenvalue weighted by Crippen LogP contribution is 2.08. The van der Waals surface area contributed by atoms with Gasteiger partial charge in [-0.3, -0.25) is 4.79 Å². The SMILES string of the molecule is CN(C)CCCNC(=O)[C@H](Cc1ccccc1)NC(=O)OC(C)(C)C. The molecule has 0 bridgehead atoms. The Bertz CT molecular complexity index is 539. The van der Waals surface area contributed by atoms with Crippen molar-refractivity contribution in [2.24, 2.45) is 0 Å². The zero-order valence-electron chi connectivity index (χ0n) is 16.0. The van der Waals surface area contributed by atoms with Gasteiger partial charge in [0.1, 0.15) is 11.6 Å². The lowest BCUT2D eigenvalue weighted by Crippen LogP contribution is -2.49. The number of carbonyl (C=O) groups excluding carboxylic acids is 2. The van der Waals surface area contributed by atoms with Gasteiger partial charge in [0.05, 0.1) is 0 Å². The molecule has 6 heteroatoms. The normalized spacial score (nSPS) is 12.6. The van der Waals surface area contributed by atoms with Crippen LogP contribution in [0.1, 0.15) is 32.8 Å². The Kier molecular flexibility index (Phi) is 8.41. The van der Waals surface area contributed by atoms with E-state index in [2.05, 4.69) is 15.5 Å². The molecule has 2 amide bonds. The average molecular weight is 349 g/mol. The predicted molar refractivity (Wildman–Crippen MR) is 99.5 cm³/mol. The standard InChI is InChI=1S/C19H31N3O3/c1-19(2,3)25-18(24)21-16(14-15-10-7-6-8-11-15)17(23)20-12-9-13-22(4)5/h6-8,10-11,16H,9,12-14H2,1-5H3,(H,20,23)(H,21,24)/t16-/m0/s1. The van der Waals surface area contributed by atoms with Crippen LogP contribution in [0.5, 0.6) is 0 Å². The van der Waals surface area contributed by atoms with Crippen molar-refractivity contribution in [2.75, 3.05) is 27.2 Å². The fraction of sp³-hybridized carbons (Fsp3) is 0.579. The van der Waals surface area contributed by atoms with Gasteiger partial charge in [-0.2, -0.15) is 0 Å². The van der Waals surface area contributed by atoms with Crippen molar-refractivity contribution in [3.63, 3.8) is 0 Å². The highest BCUT2D eigenvalue weighted by Gasteiger charge is 2.24. The van der Waals surface area contributed by atoms with Crippen molar-refractivity contribution in [3.05, 3.63) is 35.9 Å². The molecule has 1 aromatic carbocycles. The Labute approximate surface area is 150 Å². The Balaban J connectivity index is 2.66. The minimum atomic E-state index is -0.670. The highest BCUT2D eigenvalue weighted by molar-refractivity contribution is 5.86. The maximum atomic E-state index is 12.5. The van der Waals surface area contributed by atoms with Crippen LogP contribution in [-0.4, -0.2) is 55.7 Å². The van der Waals surface area contributed by atoms with E-state index in [1.54, 1.807) is 20.8 Å². The molecule has 0 saturated heterocycles. The number of benzene rings is 1. The van der Waals surface area contributed by atoms with Crippen LogP contribution in [0.2, 0.25) is 0 Å². The van der Waals surface area contributed by atoms with E-state index >= 15 is 0 Å². The van der Waals surface area contributed by atoms with Gasteiger partial charge in [-0.1, -0.05) is 30.3 Å². The molecule has 0 aromatic heterocycles. The smallest absolute Gasteiger partial charge is 0.408 e. The van der Waals surface area contributed by atoms with E-state index in [1.807, 2.05) is 44.4 Å². The van der Waals surface area contributed by atoms with Gasteiger partial charge in [-0.15, -0.1) is 0 Å². The van der Waals surface area contributed by atoms with E-state index in [-0.39, 0.29) is 5.91 Å². The van der Waals surface area contributed by atoms with Gasteiger partial charge < -0.3 is 20.3 Å². The van der Waals surface area contributed by atoms with Gasteiger partial charge in [0.15, 0.2) is 0 Å². The van der Waals surface area contributed by atoms with E-state index in [1.165, 1.54) is 0 Å². The van der Waals surface area contributed by atoms with Crippen molar-refractivity contribution in [3.8, 4) is 0 Å². The molecule has 0 unspecified atom stereocenters. The molecule has 2 N–H and O–H groups in total. The number of hydrogen-bond acceptors (Lipinski definition) is 4. The summed E-state index contributed by atoms with van der Waals surface area (Å²) in [5.74, 6) is -0.200. The summed E-state index contributed by atoms with van der Waals surface area (Å²) in [7, 11) is 3.98. The molecule has 0 saturated carbocycles. The molecule has 6 nitrogen and oxygen atoms in total. The van der Waals surface area contributed by atoms with E-state index in [0.29, 0.717) is 13.0 Å². The van der Waals surface area contributed by atoms with Crippen molar-refractivity contribution in [1.29, 1.82) is 0 Å². The summed E-state index contributed by atoms with van der Waals surface area (Å²) in [5, 5.41) is 5.58. The molecule has 0 heterocycles. The molecule has 140 valence electrons. The van der Waals surface area contributed by atoms with Crippen LogP contribution >= 0.6 is 0 Å². The molecule has 0 spiro atoms. The molecular weight excluding hydrogens is 318 g/mol. The van der Waals surface area contributed by atoms with E-state index in [4.69, 9.17) is 4.74 Å². The molecule has 0 aliphatic rings. The van der Waals surface area contributed by atoms with Gasteiger partial charge >= 0.3 is 6.09 Å². The lowest BCUT2D eigenvalue weighted by molar-refractivity contribution is -0.123. The molecule has 25 heavy (non-hydrogen) atoms. The zero-order valence-corrected chi connectivity index (χ0v) is 16.0. The van der Waals surface area contributed by atoms with Crippen LogP contribution in [0.3, 0.4) is 0 Å². The third-order valence-corrected chi connectivity index (χ3v) is 3.37. The third kappa shape index (κ3) is 9.72. The van der Waals surface area contributed by atoms with E-state index in [0.717, 1.165) is 18.5 Å². The van der Waals surface area contributed by atoms with Crippen LogP contribution in [0.15, 0.2) is 30.3 Å². The van der Waals surface area contributed by atoms with Crippen molar-refractivity contribution in [2.45, 2.75) is 45.3 Å². The van der Waals surface area contributed by atoms with E-state index in [9.17, 15) is 9.59 Å². The van der Waals surface area contributed by atoms with Crippen LogP contribution in [0.4, 0.5) is 4.79 Å². The molecule has 1 aromatic rings. The topological polar surface area (TPSA) is 70.7 Å². The first kappa shape index (κ1) is 21.0. The Hall–Kier alpha value is -2.08. The van der Waals surface area contributed by atoms with Crippen LogP contribution < -0.4 is 10.6 Å². The van der Waals surface area contributed by atoms with Crippen molar-refractivity contribution >= 4 is 12.0 Å². The predicted octanol–water partition coefficient (Wildman–Crippen LogP) is 2.19. The number of alkyl carbamates (subject to hydrolysis) is 1. The summed E-state index contributed by atoms with van der Waals surface area (Å²) in [6, 6.07) is 8.94. The van der Waals surface area contributed by atoms with Crippen LogP contribution in [-0.2, 0) is 16.0 Å². The Morgan fingerprint density at radius 1 is 1.16 bits per heavy atom. The maximum Gasteiger partial charge on any atom is 0.408 e. The molecule has 0 fully saturated rings. The van der Waals surface area contributed by atoms with Crippen molar-refractivity contribution < 1.29 is 14.3 Å². The van der Waals surface area contributed by atoms with E-state index < -0.39 is 17.7 Å². The average Bonchev–Trinajstić information content (AvgIpc) is 2.49. The maximum absolute atomic E-state index is 12.5. The largest absolute Gasteiger partial charge is 0.444 e. The number of ether oxygens (including phenoxy) is 1. The van der Waals surface area contributed by atoms with Gasteiger partial charge in [0, 0.05) is 13.0 Å². The fourth-order valence-electron chi connectivity index (χ4n) is 2.24. The molecule has 1 atom stereocenters. The quantitative estimate of drug-likeness (QED) is 0.706. The summed E-state index contributed by atoms with van der Waals surface area (Å²) in [4.78, 5) is 26.6. The van der Waals surface area contributed by atoms with Crippen molar-refractivity contribution in [1.82, 2.24) is 15.5 Å². The number of amides is 2. The number of nitrogens with zero attached hydrogens (tertiary/aromatic N) is 1. The summed E-state index contributed by atoms with van der Waals surface area (Å²) < 4.78 is 5.28.